The Bertz CT molecular complexity index is 647. The SMILES string of the molecule is NC(=S)c1ccc(Nc2ccc(Cl)c(F)c2)c(Cl)c1. The quantitative estimate of drug-likeness (QED) is 0.819. The summed E-state index contributed by atoms with van der Waals surface area (Å²) in [6.45, 7) is 0. The first-order chi connectivity index (χ1) is 8.97. The van der Waals surface area contributed by atoms with Gasteiger partial charge in [-0.3, -0.25) is 0 Å². The molecule has 0 aromatic heterocycles. The van der Waals surface area contributed by atoms with Gasteiger partial charge in [0.1, 0.15) is 10.8 Å². The van der Waals surface area contributed by atoms with E-state index >= 15 is 0 Å². The van der Waals surface area contributed by atoms with E-state index in [0.717, 1.165) is 0 Å². The Morgan fingerprint density at radius 1 is 1.11 bits per heavy atom. The van der Waals surface area contributed by atoms with Crippen molar-refractivity contribution in [2.24, 2.45) is 5.73 Å². The first-order valence-electron chi connectivity index (χ1n) is 5.29. The monoisotopic (exact) mass is 314 g/mol. The zero-order valence-corrected chi connectivity index (χ0v) is 11.9. The number of nitrogens with two attached hydrogens (primary N) is 1. The van der Waals surface area contributed by atoms with Crippen molar-refractivity contribution in [3.05, 3.63) is 57.8 Å². The lowest BCUT2D eigenvalue weighted by Gasteiger charge is -2.10. The van der Waals surface area contributed by atoms with Crippen molar-refractivity contribution >= 4 is 51.8 Å². The maximum atomic E-state index is 13.3. The van der Waals surface area contributed by atoms with Gasteiger partial charge >= 0.3 is 0 Å². The van der Waals surface area contributed by atoms with Crippen LogP contribution >= 0.6 is 35.4 Å². The number of thiocarbonyl (C=S) groups is 1. The summed E-state index contributed by atoms with van der Waals surface area (Å²) in [6.07, 6.45) is 0. The van der Waals surface area contributed by atoms with E-state index in [9.17, 15) is 4.39 Å². The Morgan fingerprint density at radius 3 is 2.42 bits per heavy atom. The average molecular weight is 315 g/mol. The highest BCUT2D eigenvalue weighted by Gasteiger charge is 2.06. The van der Waals surface area contributed by atoms with Gasteiger partial charge in [-0.2, -0.15) is 0 Å². The van der Waals surface area contributed by atoms with Gasteiger partial charge in [0.15, 0.2) is 0 Å². The minimum absolute atomic E-state index is 0.0699. The van der Waals surface area contributed by atoms with E-state index in [-0.39, 0.29) is 10.0 Å². The summed E-state index contributed by atoms with van der Waals surface area (Å²) < 4.78 is 13.3. The van der Waals surface area contributed by atoms with E-state index < -0.39 is 5.82 Å². The maximum Gasteiger partial charge on any atom is 0.143 e. The van der Waals surface area contributed by atoms with E-state index in [1.54, 1.807) is 24.3 Å². The van der Waals surface area contributed by atoms with E-state index in [0.29, 0.717) is 22.0 Å². The third kappa shape index (κ3) is 3.35. The molecular weight excluding hydrogens is 306 g/mol. The molecule has 2 aromatic carbocycles. The molecule has 98 valence electrons. The summed E-state index contributed by atoms with van der Waals surface area (Å²) in [5.41, 5.74) is 7.36. The Hall–Kier alpha value is -1.36. The number of anilines is 2. The molecule has 0 amide bonds. The number of benzene rings is 2. The number of hydrogen-bond donors (Lipinski definition) is 2. The summed E-state index contributed by atoms with van der Waals surface area (Å²) in [4.78, 5) is 0.269. The second-order valence-electron chi connectivity index (χ2n) is 3.81. The van der Waals surface area contributed by atoms with Crippen molar-refractivity contribution in [1.29, 1.82) is 0 Å². The molecule has 0 aliphatic heterocycles. The summed E-state index contributed by atoms with van der Waals surface area (Å²) in [7, 11) is 0. The van der Waals surface area contributed by atoms with E-state index in [4.69, 9.17) is 41.2 Å². The molecule has 0 fully saturated rings. The molecule has 2 nitrogen and oxygen atoms in total. The molecular formula is C13H9Cl2FN2S. The number of nitrogens with one attached hydrogen (secondary N) is 1. The number of rotatable bonds is 3. The van der Waals surface area contributed by atoms with Crippen LogP contribution in [-0.4, -0.2) is 4.99 Å². The smallest absolute Gasteiger partial charge is 0.143 e. The van der Waals surface area contributed by atoms with Crippen LogP contribution in [0.15, 0.2) is 36.4 Å². The molecule has 0 radical (unpaired) electrons. The van der Waals surface area contributed by atoms with Crippen LogP contribution in [0.25, 0.3) is 0 Å². The molecule has 3 N–H and O–H groups in total. The summed E-state index contributed by atoms with van der Waals surface area (Å²) in [6, 6.07) is 9.53. The van der Waals surface area contributed by atoms with Crippen LogP contribution in [0.2, 0.25) is 10.0 Å². The third-order valence-corrected chi connectivity index (χ3v) is 3.31. The van der Waals surface area contributed by atoms with Crippen LogP contribution < -0.4 is 11.1 Å². The fraction of sp³-hybridized carbons (Fsp3) is 0. The topological polar surface area (TPSA) is 38.0 Å². The van der Waals surface area contributed by atoms with Crippen molar-refractivity contribution in [3.63, 3.8) is 0 Å². The predicted octanol–water partition coefficient (Wildman–Crippen LogP) is 4.51. The van der Waals surface area contributed by atoms with Crippen molar-refractivity contribution in [3.8, 4) is 0 Å². The second-order valence-corrected chi connectivity index (χ2v) is 5.07. The zero-order valence-electron chi connectivity index (χ0n) is 9.58. The highest BCUT2D eigenvalue weighted by atomic mass is 35.5. The van der Waals surface area contributed by atoms with Crippen LogP contribution in [-0.2, 0) is 0 Å². The van der Waals surface area contributed by atoms with E-state index in [2.05, 4.69) is 5.32 Å². The molecule has 0 unspecified atom stereocenters. The lowest BCUT2D eigenvalue weighted by atomic mass is 10.2. The summed E-state index contributed by atoms with van der Waals surface area (Å²) in [5, 5.41) is 3.51. The molecule has 0 saturated carbocycles. The van der Waals surface area contributed by atoms with Gasteiger partial charge in [-0.05, 0) is 36.4 Å². The van der Waals surface area contributed by atoms with Crippen molar-refractivity contribution in [2.45, 2.75) is 0 Å². The van der Waals surface area contributed by atoms with Gasteiger partial charge in [0.25, 0.3) is 0 Å². The molecule has 0 bridgehead atoms. The second kappa shape index (κ2) is 5.74. The van der Waals surface area contributed by atoms with Gasteiger partial charge in [-0.1, -0.05) is 35.4 Å². The molecule has 0 heterocycles. The number of halogens is 3. The van der Waals surface area contributed by atoms with Gasteiger partial charge in [0.2, 0.25) is 0 Å². The Labute approximate surface area is 125 Å². The molecule has 19 heavy (non-hydrogen) atoms. The Balaban J connectivity index is 2.28. The Kier molecular flexibility index (Phi) is 4.24. The molecule has 6 heteroatoms. The zero-order chi connectivity index (χ0) is 14.0. The van der Waals surface area contributed by atoms with Crippen LogP contribution in [0, 0.1) is 5.82 Å². The lowest BCUT2D eigenvalue weighted by Crippen LogP contribution is -2.09. The fourth-order valence-corrected chi connectivity index (χ4v) is 1.97. The largest absolute Gasteiger partial charge is 0.389 e. The van der Waals surface area contributed by atoms with Crippen LogP contribution in [0.1, 0.15) is 5.56 Å². The lowest BCUT2D eigenvalue weighted by molar-refractivity contribution is 0.629. The van der Waals surface area contributed by atoms with E-state index in [1.807, 2.05) is 0 Å². The minimum atomic E-state index is -0.498. The molecule has 2 rings (SSSR count). The van der Waals surface area contributed by atoms with E-state index in [1.165, 1.54) is 12.1 Å². The third-order valence-electron chi connectivity index (χ3n) is 2.45. The maximum absolute atomic E-state index is 13.3. The average Bonchev–Trinajstić information content (AvgIpc) is 2.36. The first kappa shape index (κ1) is 14.1. The molecule has 0 aliphatic rings. The van der Waals surface area contributed by atoms with Gasteiger partial charge in [-0.15, -0.1) is 0 Å². The Morgan fingerprint density at radius 2 is 1.84 bits per heavy atom. The van der Waals surface area contributed by atoms with Gasteiger partial charge < -0.3 is 11.1 Å². The molecule has 0 saturated heterocycles. The summed E-state index contributed by atoms with van der Waals surface area (Å²) >= 11 is 16.6. The standard InChI is InChI=1S/C13H9Cl2FN2S/c14-9-3-2-8(6-11(9)16)18-12-4-1-7(13(17)19)5-10(12)15/h1-6,18H,(H2,17,19). The van der Waals surface area contributed by atoms with Crippen molar-refractivity contribution in [2.75, 3.05) is 5.32 Å². The molecule has 0 aliphatic carbocycles. The highest BCUT2D eigenvalue weighted by molar-refractivity contribution is 7.80. The van der Waals surface area contributed by atoms with Crippen LogP contribution in [0.5, 0.6) is 0 Å². The highest BCUT2D eigenvalue weighted by Crippen LogP contribution is 2.28. The minimum Gasteiger partial charge on any atom is -0.389 e. The molecule has 0 spiro atoms. The predicted molar refractivity (Wildman–Crippen MR) is 82.0 cm³/mol. The number of hydrogen-bond acceptors (Lipinski definition) is 2. The van der Waals surface area contributed by atoms with Gasteiger partial charge in [0, 0.05) is 11.3 Å². The fourth-order valence-electron chi connectivity index (χ4n) is 1.50. The normalized spacial score (nSPS) is 10.3. The van der Waals surface area contributed by atoms with Gasteiger partial charge in [-0.25, -0.2) is 4.39 Å². The van der Waals surface area contributed by atoms with Gasteiger partial charge in [0.05, 0.1) is 15.7 Å². The van der Waals surface area contributed by atoms with Crippen LogP contribution in [0.3, 0.4) is 0 Å². The molecule has 2 aromatic rings. The van der Waals surface area contributed by atoms with Crippen LogP contribution in [0.4, 0.5) is 15.8 Å². The first-order valence-corrected chi connectivity index (χ1v) is 6.45. The summed E-state index contributed by atoms with van der Waals surface area (Å²) in [5.74, 6) is -0.498. The van der Waals surface area contributed by atoms with Crippen molar-refractivity contribution in [1.82, 2.24) is 0 Å². The molecule has 0 atom stereocenters. The van der Waals surface area contributed by atoms with Crippen molar-refractivity contribution < 1.29 is 4.39 Å².